The number of rotatable bonds is 3. The second kappa shape index (κ2) is 4.09. The van der Waals surface area contributed by atoms with Gasteiger partial charge in [-0.1, -0.05) is 6.07 Å². The van der Waals surface area contributed by atoms with Gasteiger partial charge in [-0.05, 0) is 6.07 Å². The molecule has 0 fully saturated rings. The second-order valence-corrected chi connectivity index (χ2v) is 3.93. The van der Waals surface area contributed by atoms with Crippen LogP contribution in [0.4, 0.5) is 17.4 Å². The summed E-state index contributed by atoms with van der Waals surface area (Å²) in [6.07, 6.45) is 3.34. The van der Waals surface area contributed by atoms with Gasteiger partial charge in [0.05, 0.1) is 16.8 Å². The van der Waals surface area contributed by atoms with Crippen molar-refractivity contribution < 1.29 is 9.34 Å². The summed E-state index contributed by atoms with van der Waals surface area (Å²) in [6.45, 7) is 0. The Morgan fingerprint density at radius 2 is 2.32 bits per heavy atom. The molecule has 1 N–H and O–H groups in total. The number of para-hydroxylation sites is 1. The van der Waals surface area contributed by atoms with Gasteiger partial charge < -0.3 is 9.73 Å². The van der Waals surface area contributed by atoms with Gasteiger partial charge in [-0.2, -0.15) is 10.1 Å². The molecule has 3 aromatic rings. The molecule has 8 heteroatoms. The number of nitrogens with one attached hydrogen (secondary N) is 1. The van der Waals surface area contributed by atoms with E-state index < -0.39 is 4.92 Å². The van der Waals surface area contributed by atoms with Gasteiger partial charge in [0.15, 0.2) is 11.1 Å². The molecule has 0 radical (unpaired) electrons. The smallest absolute Gasteiger partial charge is 0.300 e. The second-order valence-electron chi connectivity index (χ2n) is 3.93. The van der Waals surface area contributed by atoms with Gasteiger partial charge in [0.25, 0.3) is 5.69 Å². The number of non-ortho nitro benzene ring substituents is 1. The normalized spacial score (nSPS) is 10.8. The number of aryl methyl sites for hydroxylation is 1. The minimum atomic E-state index is -0.487. The Morgan fingerprint density at radius 1 is 1.47 bits per heavy atom. The average Bonchev–Trinajstić information content (AvgIpc) is 2.94. The first-order valence-electron chi connectivity index (χ1n) is 5.43. The molecule has 0 amide bonds. The lowest BCUT2D eigenvalue weighted by molar-refractivity contribution is -0.383. The topological polar surface area (TPSA) is 99.0 Å². The molecule has 0 spiro atoms. The zero-order chi connectivity index (χ0) is 13.4. The highest BCUT2D eigenvalue weighted by atomic mass is 16.6. The molecule has 8 nitrogen and oxygen atoms in total. The van der Waals surface area contributed by atoms with E-state index in [4.69, 9.17) is 4.42 Å². The number of nitrogens with zero attached hydrogens (tertiary/aromatic N) is 4. The number of anilines is 2. The first kappa shape index (κ1) is 11.2. The van der Waals surface area contributed by atoms with Crippen LogP contribution in [0.15, 0.2) is 35.0 Å². The summed E-state index contributed by atoms with van der Waals surface area (Å²) in [7, 11) is 1.78. The summed E-state index contributed by atoms with van der Waals surface area (Å²) in [6, 6.07) is 4.76. The molecule has 0 unspecified atom stereocenters. The number of hydrogen-bond acceptors (Lipinski definition) is 6. The van der Waals surface area contributed by atoms with Gasteiger partial charge in [-0.25, -0.2) is 0 Å². The number of oxazole rings is 1. The highest BCUT2D eigenvalue weighted by molar-refractivity contribution is 5.84. The third kappa shape index (κ3) is 1.99. The minimum Gasteiger partial charge on any atom is -0.423 e. The zero-order valence-electron chi connectivity index (χ0n) is 9.90. The van der Waals surface area contributed by atoms with Crippen molar-refractivity contribution >= 4 is 28.5 Å². The number of aromatic nitrogens is 3. The molecule has 96 valence electrons. The van der Waals surface area contributed by atoms with Crippen LogP contribution in [0, 0.1) is 10.1 Å². The Morgan fingerprint density at radius 3 is 3.00 bits per heavy atom. The number of nitro benzene ring substituents is 1. The van der Waals surface area contributed by atoms with Gasteiger partial charge in [0.2, 0.25) is 0 Å². The van der Waals surface area contributed by atoms with Crippen molar-refractivity contribution in [3.8, 4) is 0 Å². The van der Waals surface area contributed by atoms with Crippen molar-refractivity contribution in [3.05, 3.63) is 40.7 Å². The zero-order valence-corrected chi connectivity index (χ0v) is 9.90. The predicted octanol–water partition coefficient (Wildman–Crippen LogP) is 2.21. The number of nitro groups is 1. The van der Waals surface area contributed by atoms with E-state index in [9.17, 15) is 10.1 Å². The summed E-state index contributed by atoms with van der Waals surface area (Å²) in [5.41, 5.74) is 1.19. The van der Waals surface area contributed by atoms with Crippen LogP contribution in [0.1, 0.15) is 0 Å². The van der Waals surface area contributed by atoms with Crippen molar-refractivity contribution in [1.82, 2.24) is 14.8 Å². The van der Waals surface area contributed by atoms with Gasteiger partial charge >= 0.3 is 6.01 Å². The first-order chi connectivity index (χ1) is 9.13. The maximum absolute atomic E-state index is 10.9. The first-order valence-corrected chi connectivity index (χ1v) is 5.43. The molecule has 19 heavy (non-hydrogen) atoms. The Kier molecular flexibility index (Phi) is 2.41. The highest BCUT2D eigenvalue weighted by Gasteiger charge is 2.17. The van der Waals surface area contributed by atoms with Gasteiger partial charge in [0.1, 0.15) is 0 Å². The van der Waals surface area contributed by atoms with Crippen LogP contribution in [0.3, 0.4) is 0 Å². The fourth-order valence-electron chi connectivity index (χ4n) is 1.74. The van der Waals surface area contributed by atoms with E-state index in [1.807, 2.05) is 0 Å². The summed E-state index contributed by atoms with van der Waals surface area (Å²) in [5.74, 6) is 0. The standard InChI is InChI=1S/C11H9N5O3/c1-15-6-7(5-12-15)13-11-14-10-8(16(17)18)3-2-4-9(10)19-11/h2-6H,1H3,(H,13,14). The molecule has 0 bridgehead atoms. The fraction of sp³-hybridized carbons (Fsp3) is 0.0909. The van der Waals surface area contributed by atoms with Gasteiger partial charge in [-0.15, -0.1) is 0 Å². The Balaban J connectivity index is 2.02. The number of hydrogen-bond donors (Lipinski definition) is 1. The molecule has 0 aliphatic heterocycles. The molecule has 0 aliphatic rings. The van der Waals surface area contributed by atoms with Crippen molar-refractivity contribution in [2.75, 3.05) is 5.32 Å². The molecule has 0 saturated heterocycles. The molecule has 2 aromatic heterocycles. The van der Waals surface area contributed by atoms with Crippen LogP contribution in [0.25, 0.3) is 11.1 Å². The van der Waals surface area contributed by atoms with Crippen LogP contribution in [0.2, 0.25) is 0 Å². The Labute approximate surface area is 106 Å². The molecule has 0 atom stereocenters. The van der Waals surface area contributed by atoms with Gasteiger partial charge in [-0.3, -0.25) is 14.8 Å². The van der Waals surface area contributed by atoms with E-state index in [1.165, 1.54) is 6.07 Å². The molecular weight excluding hydrogens is 250 g/mol. The molecule has 1 aromatic carbocycles. The minimum absolute atomic E-state index is 0.0829. The van der Waals surface area contributed by atoms with E-state index in [-0.39, 0.29) is 17.2 Å². The lowest BCUT2D eigenvalue weighted by Crippen LogP contribution is -1.90. The van der Waals surface area contributed by atoms with E-state index >= 15 is 0 Å². The lowest BCUT2D eigenvalue weighted by Gasteiger charge is -1.93. The lowest BCUT2D eigenvalue weighted by atomic mass is 10.3. The van der Waals surface area contributed by atoms with Crippen molar-refractivity contribution in [3.63, 3.8) is 0 Å². The van der Waals surface area contributed by atoms with E-state index in [0.717, 1.165) is 0 Å². The summed E-state index contributed by atoms with van der Waals surface area (Å²) in [4.78, 5) is 14.5. The summed E-state index contributed by atoms with van der Waals surface area (Å²) < 4.78 is 7.03. The summed E-state index contributed by atoms with van der Waals surface area (Å²) in [5, 5.41) is 17.8. The Hall–Kier alpha value is -2.90. The third-order valence-corrected chi connectivity index (χ3v) is 2.55. The largest absolute Gasteiger partial charge is 0.423 e. The van der Waals surface area contributed by atoms with Crippen molar-refractivity contribution in [1.29, 1.82) is 0 Å². The molecule has 0 saturated carbocycles. The van der Waals surface area contributed by atoms with E-state index in [1.54, 1.807) is 36.3 Å². The maximum atomic E-state index is 10.9. The van der Waals surface area contributed by atoms with E-state index in [0.29, 0.717) is 11.3 Å². The van der Waals surface area contributed by atoms with Crippen LogP contribution in [0.5, 0.6) is 0 Å². The quantitative estimate of drug-likeness (QED) is 0.571. The van der Waals surface area contributed by atoms with Crippen LogP contribution in [-0.2, 0) is 7.05 Å². The van der Waals surface area contributed by atoms with Crippen molar-refractivity contribution in [2.45, 2.75) is 0 Å². The highest BCUT2D eigenvalue weighted by Crippen LogP contribution is 2.28. The van der Waals surface area contributed by atoms with E-state index in [2.05, 4.69) is 15.4 Å². The third-order valence-electron chi connectivity index (χ3n) is 2.55. The maximum Gasteiger partial charge on any atom is 0.300 e. The fourth-order valence-corrected chi connectivity index (χ4v) is 1.74. The van der Waals surface area contributed by atoms with Gasteiger partial charge in [0, 0.05) is 19.3 Å². The number of benzene rings is 1. The van der Waals surface area contributed by atoms with Crippen LogP contribution >= 0.6 is 0 Å². The molecule has 2 heterocycles. The van der Waals surface area contributed by atoms with Crippen LogP contribution in [-0.4, -0.2) is 19.7 Å². The van der Waals surface area contributed by atoms with Crippen molar-refractivity contribution in [2.24, 2.45) is 7.05 Å². The predicted molar refractivity (Wildman–Crippen MR) is 67.2 cm³/mol. The number of fused-ring (bicyclic) bond motifs is 1. The SMILES string of the molecule is Cn1cc(Nc2nc3c([N+](=O)[O-])cccc3o2)cn1. The average molecular weight is 259 g/mol. The monoisotopic (exact) mass is 259 g/mol. The Bertz CT molecular complexity index is 761. The van der Waals surface area contributed by atoms with Crippen LogP contribution < -0.4 is 5.32 Å². The molecule has 0 aliphatic carbocycles. The summed E-state index contributed by atoms with van der Waals surface area (Å²) >= 11 is 0. The molecular formula is C11H9N5O3. The molecule has 3 rings (SSSR count).